The van der Waals surface area contributed by atoms with Gasteiger partial charge in [0, 0.05) is 12.5 Å². The molecule has 3 atom stereocenters. The topological polar surface area (TPSA) is 29.1 Å². The summed E-state index contributed by atoms with van der Waals surface area (Å²) in [5, 5.41) is 3.10. The molecule has 1 amide bonds. The average Bonchev–Trinajstić information content (AvgIpc) is 3.08. The Kier molecular flexibility index (Phi) is 3.67. The predicted molar refractivity (Wildman–Crippen MR) is 76.4 cm³/mol. The predicted octanol–water partition coefficient (Wildman–Crippen LogP) is 3.30. The molecule has 1 N–H and O–H groups in total. The minimum Gasteiger partial charge on any atom is -0.352 e. The lowest BCUT2D eigenvalue weighted by Gasteiger charge is -2.04. The zero-order valence-corrected chi connectivity index (χ0v) is 11.2. The second-order valence-electron chi connectivity index (χ2n) is 5.68. The molecule has 1 saturated carbocycles. The Hall–Kier alpha value is -1.57. The summed E-state index contributed by atoms with van der Waals surface area (Å²) in [5.74, 6) is 1.82. The maximum absolute atomic E-state index is 12.2. The van der Waals surface area contributed by atoms with Crippen LogP contribution in [0.25, 0.3) is 0 Å². The normalized spacial score (nSPS) is 28.9. The molecule has 0 aliphatic heterocycles. The zero-order valence-electron chi connectivity index (χ0n) is 11.2. The number of carbonyl (C=O) groups is 1. The van der Waals surface area contributed by atoms with Crippen molar-refractivity contribution in [3.63, 3.8) is 0 Å². The van der Waals surface area contributed by atoms with E-state index in [1.54, 1.807) is 0 Å². The highest BCUT2D eigenvalue weighted by Crippen LogP contribution is 2.52. The maximum atomic E-state index is 12.2. The van der Waals surface area contributed by atoms with Crippen LogP contribution in [0.2, 0.25) is 0 Å². The van der Waals surface area contributed by atoms with Crippen molar-refractivity contribution in [1.82, 2.24) is 5.32 Å². The van der Waals surface area contributed by atoms with Gasteiger partial charge in [-0.15, -0.1) is 0 Å². The molecule has 1 aromatic rings. The molecule has 2 aliphatic rings. The first-order chi connectivity index (χ1) is 9.36. The molecule has 1 fully saturated rings. The van der Waals surface area contributed by atoms with Crippen molar-refractivity contribution in [1.29, 1.82) is 0 Å². The van der Waals surface area contributed by atoms with Crippen LogP contribution in [-0.4, -0.2) is 5.91 Å². The first-order valence-electron chi connectivity index (χ1n) is 7.33. The smallest absolute Gasteiger partial charge is 0.223 e. The van der Waals surface area contributed by atoms with E-state index in [4.69, 9.17) is 0 Å². The lowest BCUT2D eigenvalue weighted by atomic mass is 10.1. The Balaban J connectivity index is 1.52. The average molecular weight is 255 g/mol. The fourth-order valence-corrected chi connectivity index (χ4v) is 3.34. The Morgan fingerprint density at radius 1 is 1.05 bits per heavy atom. The number of rotatable bonds is 3. The Labute approximate surface area is 114 Å². The van der Waals surface area contributed by atoms with E-state index >= 15 is 0 Å². The van der Waals surface area contributed by atoms with E-state index in [0.29, 0.717) is 18.4 Å². The third-order valence-electron chi connectivity index (χ3n) is 4.44. The number of amides is 1. The molecule has 2 aliphatic carbocycles. The largest absolute Gasteiger partial charge is 0.352 e. The van der Waals surface area contributed by atoms with Crippen molar-refractivity contribution >= 4 is 5.91 Å². The molecule has 19 heavy (non-hydrogen) atoms. The van der Waals surface area contributed by atoms with Crippen LogP contribution in [0.5, 0.6) is 0 Å². The van der Waals surface area contributed by atoms with Gasteiger partial charge in [-0.2, -0.15) is 0 Å². The van der Waals surface area contributed by atoms with Crippen molar-refractivity contribution in [2.45, 2.75) is 32.2 Å². The lowest BCUT2D eigenvalue weighted by Crippen LogP contribution is -2.25. The van der Waals surface area contributed by atoms with Crippen molar-refractivity contribution in [2.75, 3.05) is 0 Å². The number of fused-ring (bicyclic) bond motifs is 1. The Morgan fingerprint density at radius 2 is 1.68 bits per heavy atom. The highest BCUT2D eigenvalue weighted by molar-refractivity contribution is 5.82. The SMILES string of the molecule is O=C(NCc1ccccc1)C1[C@H]2CCC=CCC[C@@H]12. The molecule has 0 aromatic heterocycles. The van der Waals surface area contributed by atoms with Gasteiger partial charge in [0.15, 0.2) is 0 Å². The molecule has 1 unspecified atom stereocenters. The minimum atomic E-state index is 0.265. The number of carbonyl (C=O) groups excluding carboxylic acids is 1. The molecule has 2 heteroatoms. The summed E-state index contributed by atoms with van der Waals surface area (Å²) in [7, 11) is 0. The van der Waals surface area contributed by atoms with Crippen LogP contribution in [0.3, 0.4) is 0 Å². The molecule has 0 heterocycles. The third kappa shape index (κ3) is 2.89. The van der Waals surface area contributed by atoms with Crippen LogP contribution >= 0.6 is 0 Å². The summed E-state index contributed by atoms with van der Waals surface area (Å²) in [4.78, 5) is 12.2. The summed E-state index contributed by atoms with van der Waals surface area (Å²) < 4.78 is 0. The van der Waals surface area contributed by atoms with Gasteiger partial charge in [0.1, 0.15) is 0 Å². The second kappa shape index (κ2) is 5.60. The summed E-state index contributed by atoms with van der Waals surface area (Å²) in [6, 6.07) is 10.1. The van der Waals surface area contributed by atoms with Gasteiger partial charge in [-0.3, -0.25) is 4.79 Å². The molecule has 0 bridgehead atoms. The summed E-state index contributed by atoms with van der Waals surface area (Å²) >= 11 is 0. The highest BCUT2D eigenvalue weighted by Gasteiger charge is 2.52. The fourth-order valence-electron chi connectivity index (χ4n) is 3.34. The molecule has 0 radical (unpaired) electrons. The Morgan fingerprint density at radius 3 is 2.32 bits per heavy atom. The van der Waals surface area contributed by atoms with Crippen molar-refractivity contribution in [3.8, 4) is 0 Å². The summed E-state index contributed by atoms with van der Waals surface area (Å²) in [6.07, 6.45) is 9.20. The van der Waals surface area contributed by atoms with E-state index in [1.807, 2.05) is 18.2 Å². The van der Waals surface area contributed by atoms with Crippen LogP contribution in [0.4, 0.5) is 0 Å². The number of allylic oxidation sites excluding steroid dienone is 2. The van der Waals surface area contributed by atoms with Crippen molar-refractivity contribution in [2.24, 2.45) is 17.8 Å². The van der Waals surface area contributed by atoms with E-state index in [-0.39, 0.29) is 11.8 Å². The van der Waals surface area contributed by atoms with Gasteiger partial charge in [0.05, 0.1) is 0 Å². The molecule has 1 aromatic carbocycles. The monoisotopic (exact) mass is 255 g/mol. The van der Waals surface area contributed by atoms with Gasteiger partial charge in [-0.05, 0) is 43.1 Å². The first-order valence-corrected chi connectivity index (χ1v) is 7.33. The van der Waals surface area contributed by atoms with Gasteiger partial charge < -0.3 is 5.32 Å². The van der Waals surface area contributed by atoms with Crippen LogP contribution in [0.15, 0.2) is 42.5 Å². The molecule has 0 spiro atoms. The maximum Gasteiger partial charge on any atom is 0.223 e. The van der Waals surface area contributed by atoms with Crippen LogP contribution in [0, 0.1) is 17.8 Å². The van der Waals surface area contributed by atoms with Gasteiger partial charge in [-0.1, -0.05) is 42.5 Å². The second-order valence-corrected chi connectivity index (χ2v) is 5.68. The third-order valence-corrected chi connectivity index (χ3v) is 4.44. The number of hydrogen-bond donors (Lipinski definition) is 1. The quantitative estimate of drug-likeness (QED) is 0.825. The van der Waals surface area contributed by atoms with Gasteiger partial charge in [0.2, 0.25) is 5.91 Å². The van der Waals surface area contributed by atoms with Crippen LogP contribution < -0.4 is 5.32 Å². The molecule has 2 nitrogen and oxygen atoms in total. The lowest BCUT2D eigenvalue weighted by molar-refractivity contribution is -0.123. The van der Waals surface area contributed by atoms with Crippen molar-refractivity contribution in [3.05, 3.63) is 48.0 Å². The molecular formula is C17H21NO. The Bertz CT molecular complexity index is 449. The molecular weight excluding hydrogens is 234 g/mol. The summed E-state index contributed by atoms with van der Waals surface area (Å²) in [5.41, 5.74) is 1.18. The van der Waals surface area contributed by atoms with Crippen LogP contribution in [-0.2, 0) is 11.3 Å². The van der Waals surface area contributed by atoms with E-state index < -0.39 is 0 Å². The van der Waals surface area contributed by atoms with Crippen LogP contribution in [0.1, 0.15) is 31.2 Å². The number of nitrogens with one attached hydrogen (secondary N) is 1. The zero-order chi connectivity index (χ0) is 13.1. The standard InChI is InChI=1S/C17H21NO/c19-17(18-12-13-8-4-3-5-9-13)16-14-10-6-1-2-7-11-15(14)16/h1-5,8-9,14-16H,6-7,10-12H2,(H,18,19)/t14-,15+,16?. The number of hydrogen-bond acceptors (Lipinski definition) is 1. The van der Waals surface area contributed by atoms with E-state index in [9.17, 15) is 4.79 Å². The van der Waals surface area contributed by atoms with Gasteiger partial charge in [-0.25, -0.2) is 0 Å². The van der Waals surface area contributed by atoms with Gasteiger partial charge in [0.25, 0.3) is 0 Å². The van der Waals surface area contributed by atoms with E-state index in [0.717, 1.165) is 12.8 Å². The number of benzene rings is 1. The first kappa shape index (κ1) is 12.5. The summed E-state index contributed by atoms with van der Waals surface area (Å²) in [6.45, 7) is 0.661. The minimum absolute atomic E-state index is 0.265. The van der Waals surface area contributed by atoms with Crippen molar-refractivity contribution < 1.29 is 4.79 Å². The van der Waals surface area contributed by atoms with Gasteiger partial charge >= 0.3 is 0 Å². The van der Waals surface area contributed by atoms with E-state index in [2.05, 4.69) is 29.6 Å². The molecule has 0 saturated heterocycles. The fraction of sp³-hybridized carbons (Fsp3) is 0.471. The molecule has 100 valence electrons. The highest BCUT2D eigenvalue weighted by atomic mass is 16.2. The molecule has 3 rings (SSSR count). The van der Waals surface area contributed by atoms with E-state index in [1.165, 1.54) is 18.4 Å².